The number of nitrogens with two attached hydrogens (primary N) is 1. The summed E-state index contributed by atoms with van der Waals surface area (Å²) in [5, 5.41) is 12.5. The van der Waals surface area contributed by atoms with E-state index in [0.29, 0.717) is 16.9 Å². The summed E-state index contributed by atoms with van der Waals surface area (Å²) in [6.07, 6.45) is -4.73. The molecule has 4 nitrogen and oxygen atoms in total. The SMILES string of the molecule is Nc1ccc(O)c(CNc2cccc(OC(F)(F)F)c2)c1. The molecule has 2 aromatic rings. The van der Waals surface area contributed by atoms with Crippen LogP contribution in [-0.4, -0.2) is 11.5 Å². The number of hydrogen-bond donors (Lipinski definition) is 3. The molecular formula is C14H13F3N2O2. The summed E-state index contributed by atoms with van der Waals surface area (Å²) in [4.78, 5) is 0. The Balaban J connectivity index is 2.06. The molecule has 0 aliphatic rings. The molecule has 0 saturated carbocycles. The summed E-state index contributed by atoms with van der Waals surface area (Å²) >= 11 is 0. The summed E-state index contributed by atoms with van der Waals surface area (Å²) in [5.41, 5.74) is 7.06. The molecule has 0 saturated heterocycles. The summed E-state index contributed by atoms with van der Waals surface area (Å²) in [6, 6.07) is 10.0. The third-order valence-electron chi connectivity index (χ3n) is 2.65. The molecule has 0 aliphatic heterocycles. The van der Waals surface area contributed by atoms with Gasteiger partial charge in [0.2, 0.25) is 0 Å². The van der Waals surface area contributed by atoms with E-state index in [4.69, 9.17) is 5.73 Å². The highest BCUT2D eigenvalue weighted by molar-refractivity contribution is 5.52. The van der Waals surface area contributed by atoms with Crippen molar-refractivity contribution in [3.8, 4) is 11.5 Å². The zero-order valence-corrected chi connectivity index (χ0v) is 10.8. The second kappa shape index (κ2) is 5.82. The molecule has 0 bridgehead atoms. The second-order valence-electron chi connectivity index (χ2n) is 4.32. The minimum Gasteiger partial charge on any atom is -0.508 e. The normalized spacial score (nSPS) is 11.2. The first-order chi connectivity index (χ1) is 9.83. The van der Waals surface area contributed by atoms with E-state index in [1.807, 2.05) is 0 Å². The van der Waals surface area contributed by atoms with Crippen LogP contribution in [0.5, 0.6) is 11.5 Å². The van der Waals surface area contributed by atoms with Crippen molar-refractivity contribution in [2.75, 3.05) is 11.1 Å². The predicted octanol–water partition coefficient (Wildman–Crippen LogP) is 3.49. The van der Waals surface area contributed by atoms with Gasteiger partial charge in [0, 0.05) is 29.5 Å². The first-order valence-electron chi connectivity index (χ1n) is 6.00. The van der Waals surface area contributed by atoms with Crippen LogP contribution in [0.15, 0.2) is 42.5 Å². The summed E-state index contributed by atoms with van der Waals surface area (Å²) in [6.45, 7) is 0.215. The van der Waals surface area contributed by atoms with Gasteiger partial charge in [-0.25, -0.2) is 0 Å². The van der Waals surface area contributed by atoms with E-state index < -0.39 is 6.36 Å². The maximum atomic E-state index is 12.1. The van der Waals surface area contributed by atoms with Crippen LogP contribution in [0.2, 0.25) is 0 Å². The minimum atomic E-state index is -4.73. The lowest BCUT2D eigenvalue weighted by molar-refractivity contribution is -0.274. The lowest BCUT2D eigenvalue weighted by Crippen LogP contribution is -2.17. The van der Waals surface area contributed by atoms with Gasteiger partial charge in [0.25, 0.3) is 0 Å². The first kappa shape index (κ1) is 14.8. The fraction of sp³-hybridized carbons (Fsp3) is 0.143. The van der Waals surface area contributed by atoms with Gasteiger partial charge in [-0.3, -0.25) is 0 Å². The molecule has 0 unspecified atom stereocenters. The number of rotatable bonds is 4. The summed E-state index contributed by atoms with van der Waals surface area (Å²) < 4.78 is 40.2. The maximum absolute atomic E-state index is 12.1. The van der Waals surface area contributed by atoms with Gasteiger partial charge in [0.15, 0.2) is 0 Å². The highest BCUT2D eigenvalue weighted by Gasteiger charge is 2.31. The number of alkyl halides is 3. The third kappa shape index (κ3) is 4.48. The molecule has 0 aromatic heterocycles. The molecule has 0 atom stereocenters. The lowest BCUT2D eigenvalue weighted by atomic mass is 10.1. The number of nitrogen functional groups attached to an aromatic ring is 1. The van der Waals surface area contributed by atoms with Crippen molar-refractivity contribution in [2.45, 2.75) is 12.9 Å². The zero-order chi connectivity index (χ0) is 15.5. The van der Waals surface area contributed by atoms with Gasteiger partial charge in [-0.15, -0.1) is 13.2 Å². The van der Waals surface area contributed by atoms with Crippen LogP contribution in [0, 0.1) is 0 Å². The Kier molecular flexibility index (Phi) is 4.11. The number of hydrogen-bond acceptors (Lipinski definition) is 4. The highest BCUT2D eigenvalue weighted by Crippen LogP contribution is 2.26. The van der Waals surface area contributed by atoms with E-state index in [1.165, 1.54) is 24.3 Å². The smallest absolute Gasteiger partial charge is 0.508 e. The van der Waals surface area contributed by atoms with Crippen molar-refractivity contribution in [1.82, 2.24) is 0 Å². The number of halogens is 3. The molecule has 2 aromatic carbocycles. The van der Waals surface area contributed by atoms with Gasteiger partial charge in [-0.1, -0.05) is 6.07 Å². The lowest BCUT2D eigenvalue weighted by Gasteiger charge is -2.12. The highest BCUT2D eigenvalue weighted by atomic mass is 19.4. The quantitative estimate of drug-likeness (QED) is 0.597. The number of aromatic hydroxyl groups is 1. The molecule has 4 N–H and O–H groups in total. The first-order valence-corrected chi connectivity index (χ1v) is 6.00. The van der Waals surface area contributed by atoms with Gasteiger partial charge in [-0.05, 0) is 30.3 Å². The molecule has 0 heterocycles. The fourth-order valence-electron chi connectivity index (χ4n) is 1.75. The predicted molar refractivity (Wildman–Crippen MR) is 73.0 cm³/mol. The largest absolute Gasteiger partial charge is 0.573 e. The van der Waals surface area contributed by atoms with Crippen molar-refractivity contribution in [1.29, 1.82) is 0 Å². The molecule has 2 rings (SSSR count). The average Bonchev–Trinajstić information content (AvgIpc) is 2.38. The van der Waals surface area contributed by atoms with Crippen molar-refractivity contribution in [3.05, 3.63) is 48.0 Å². The third-order valence-corrected chi connectivity index (χ3v) is 2.65. The van der Waals surface area contributed by atoms with Crippen molar-refractivity contribution >= 4 is 11.4 Å². The Labute approximate surface area is 119 Å². The molecule has 0 aliphatic carbocycles. The van der Waals surface area contributed by atoms with Crippen LogP contribution in [0.1, 0.15) is 5.56 Å². The number of anilines is 2. The number of phenols is 1. The van der Waals surface area contributed by atoms with Crippen LogP contribution in [0.25, 0.3) is 0 Å². The van der Waals surface area contributed by atoms with E-state index in [-0.39, 0.29) is 18.0 Å². The molecule has 21 heavy (non-hydrogen) atoms. The minimum absolute atomic E-state index is 0.0550. The number of benzene rings is 2. The molecule has 0 fully saturated rings. The van der Waals surface area contributed by atoms with Crippen LogP contribution in [-0.2, 0) is 6.54 Å². The molecule has 0 spiro atoms. The Bertz CT molecular complexity index is 630. The molecular weight excluding hydrogens is 285 g/mol. The van der Waals surface area contributed by atoms with E-state index >= 15 is 0 Å². The van der Waals surface area contributed by atoms with E-state index in [9.17, 15) is 18.3 Å². The second-order valence-corrected chi connectivity index (χ2v) is 4.32. The molecule has 0 amide bonds. The van der Waals surface area contributed by atoms with Crippen molar-refractivity contribution in [3.63, 3.8) is 0 Å². The summed E-state index contributed by atoms with van der Waals surface area (Å²) in [7, 11) is 0. The van der Waals surface area contributed by atoms with Gasteiger partial charge in [0.05, 0.1) is 0 Å². The van der Waals surface area contributed by atoms with E-state index in [0.717, 1.165) is 0 Å². The maximum Gasteiger partial charge on any atom is 0.573 e. The number of phenolic OH excluding ortho intramolecular Hbond substituents is 1. The van der Waals surface area contributed by atoms with E-state index in [1.54, 1.807) is 18.2 Å². The number of nitrogens with one attached hydrogen (secondary N) is 1. The van der Waals surface area contributed by atoms with Crippen LogP contribution in [0.4, 0.5) is 24.5 Å². The Morgan fingerprint density at radius 2 is 1.90 bits per heavy atom. The van der Waals surface area contributed by atoms with Crippen LogP contribution >= 0.6 is 0 Å². The standard InChI is InChI=1S/C14H13F3N2O2/c15-14(16,17)21-12-3-1-2-11(7-12)19-8-9-6-10(18)4-5-13(9)20/h1-7,19-20H,8,18H2. The van der Waals surface area contributed by atoms with E-state index in [2.05, 4.69) is 10.1 Å². The van der Waals surface area contributed by atoms with Gasteiger partial charge in [0.1, 0.15) is 11.5 Å². The van der Waals surface area contributed by atoms with Crippen LogP contribution < -0.4 is 15.8 Å². The Morgan fingerprint density at radius 1 is 1.14 bits per heavy atom. The monoisotopic (exact) mass is 298 g/mol. The van der Waals surface area contributed by atoms with Gasteiger partial charge in [-0.2, -0.15) is 0 Å². The van der Waals surface area contributed by atoms with Crippen LogP contribution in [0.3, 0.4) is 0 Å². The fourth-order valence-corrected chi connectivity index (χ4v) is 1.75. The van der Waals surface area contributed by atoms with Gasteiger partial charge < -0.3 is 20.9 Å². The topological polar surface area (TPSA) is 67.5 Å². The average molecular weight is 298 g/mol. The zero-order valence-electron chi connectivity index (χ0n) is 10.8. The summed E-state index contributed by atoms with van der Waals surface area (Å²) in [5.74, 6) is -0.260. The van der Waals surface area contributed by atoms with Crippen molar-refractivity contribution < 1.29 is 23.0 Å². The Morgan fingerprint density at radius 3 is 2.62 bits per heavy atom. The molecule has 0 radical (unpaired) electrons. The Hall–Kier alpha value is -2.57. The number of ether oxygens (including phenoxy) is 1. The van der Waals surface area contributed by atoms with Crippen molar-refractivity contribution in [2.24, 2.45) is 0 Å². The molecule has 112 valence electrons. The molecule has 7 heteroatoms. The van der Waals surface area contributed by atoms with Gasteiger partial charge >= 0.3 is 6.36 Å².